The van der Waals surface area contributed by atoms with E-state index in [1.54, 1.807) is 0 Å². The predicted octanol–water partition coefficient (Wildman–Crippen LogP) is 3.60. The van der Waals surface area contributed by atoms with E-state index in [1.165, 1.54) is 10.9 Å². The second-order valence-corrected chi connectivity index (χ2v) is 6.39. The smallest absolute Gasteiger partial charge is 0.0702 e. The van der Waals surface area contributed by atoms with Crippen LogP contribution < -0.4 is 5.73 Å². The van der Waals surface area contributed by atoms with Crippen molar-refractivity contribution in [2.75, 3.05) is 13.1 Å². The Balaban J connectivity index is 2.36. The van der Waals surface area contributed by atoms with Gasteiger partial charge in [0.2, 0.25) is 0 Å². The highest BCUT2D eigenvalue weighted by atomic mass is 15.2. The Hall–Kier alpha value is -1.45. The number of pyridine rings is 1. The maximum absolute atomic E-state index is 6.11. The van der Waals surface area contributed by atoms with Crippen LogP contribution in [0.15, 0.2) is 36.5 Å². The van der Waals surface area contributed by atoms with Crippen molar-refractivity contribution in [2.45, 2.75) is 39.8 Å². The zero-order chi connectivity index (χ0) is 15.4. The van der Waals surface area contributed by atoms with Crippen molar-refractivity contribution in [1.82, 2.24) is 9.88 Å². The van der Waals surface area contributed by atoms with Crippen molar-refractivity contribution in [3.8, 4) is 0 Å². The van der Waals surface area contributed by atoms with Gasteiger partial charge >= 0.3 is 0 Å². The molecule has 2 N–H and O–H groups in total. The summed E-state index contributed by atoms with van der Waals surface area (Å²) in [6.07, 6.45) is 1.83. The fraction of sp³-hybridized carbons (Fsp3) is 0.500. The number of nitrogens with two attached hydrogens (primary N) is 1. The quantitative estimate of drug-likeness (QED) is 0.881. The highest BCUT2D eigenvalue weighted by molar-refractivity contribution is 5.79. The number of nitrogens with zero attached hydrogens (tertiary/aromatic N) is 2. The molecule has 0 saturated heterocycles. The molecule has 3 nitrogen and oxygen atoms in total. The molecule has 1 heterocycles. The maximum Gasteiger partial charge on any atom is 0.0702 e. The summed E-state index contributed by atoms with van der Waals surface area (Å²) in [5.41, 5.74) is 8.43. The molecule has 3 heteroatoms. The van der Waals surface area contributed by atoms with E-state index in [0.29, 0.717) is 18.5 Å². The number of fused-ring (bicyclic) bond motifs is 1. The standard InChI is InChI=1S/C18H27N3/c1-13(2)12-21(14(3)4)18(11-19)16-7-8-17-15(10-16)6-5-9-20-17/h5-10,13-14,18H,11-12,19H2,1-4H3. The normalized spacial score (nSPS) is 13.5. The summed E-state index contributed by atoms with van der Waals surface area (Å²) < 4.78 is 0. The lowest BCUT2D eigenvalue weighted by molar-refractivity contribution is 0.138. The second kappa shape index (κ2) is 7.01. The van der Waals surface area contributed by atoms with Gasteiger partial charge in [-0.2, -0.15) is 0 Å². The fourth-order valence-electron chi connectivity index (χ4n) is 2.88. The molecule has 114 valence electrons. The Morgan fingerprint density at radius 1 is 1.14 bits per heavy atom. The van der Waals surface area contributed by atoms with Crippen LogP contribution in [0.3, 0.4) is 0 Å². The van der Waals surface area contributed by atoms with Gasteiger partial charge in [-0.25, -0.2) is 0 Å². The van der Waals surface area contributed by atoms with E-state index in [-0.39, 0.29) is 6.04 Å². The lowest BCUT2D eigenvalue weighted by Crippen LogP contribution is -2.40. The number of rotatable bonds is 6. The van der Waals surface area contributed by atoms with Crippen LogP contribution in [-0.4, -0.2) is 29.0 Å². The average Bonchev–Trinajstić information content (AvgIpc) is 2.46. The molecule has 0 aliphatic heterocycles. The molecule has 1 atom stereocenters. The molecule has 0 aliphatic rings. The number of hydrogen-bond donors (Lipinski definition) is 1. The molecule has 1 unspecified atom stereocenters. The van der Waals surface area contributed by atoms with Crippen molar-refractivity contribution >= 4 is 10.9 Å². The Labute approximate surface area is 128 Å². The lowest BCUT2D eigenvalue weighted by Gasteiger charge is -2.36. The minimum absolute atomic E-state index is 0.261. The fourth-order valence-corrected chi connectivity index (χ4v) is 2.88. The van der Waals surface area contributed by atoms with E-state index in [2.05, 4.69) is 61.8 Å². The summed E-state index contributed by atoms with van der Waals surface area (Å²) in [5.74, 6) is 0.628. The summed E-state index contributed by atoms with van der Waals surface area (Å²) in [6.45, 7) is 10.7. The van der Waals surface area contributed by atoms with E-state index in [9.17, 15) is 0 Å². The molecule has 21 heavy (non-hydrogen) atoms. The third kappa shape index (κ3) is 3.80. The largest absolute Gasteiger partial charge is 0.329 e. The summed E-state index contributed by atoms with van der Waals surface area (Å²) in [5, 5.41) is 1.18. The van der Waals surface area contributed by atoms with Crippen LogP contribution in [0.1, 0.15) is 39.3 Å². The van der Waals surface area contributed by atoms with E-state index in [0.717, 1.165) is 12.1 Å². The van der Waals surface area contributed by atoms with Gasteiger partial charge in [0.15, 0.2) is 0 Å². The Bertz CT molecular complexity index is 577. The van der Waals surface area contributed by atoms with Gasteiger partial charge in [-0.15, -0.1) is 0 Å². The first kappa shape index (κ1) is 15.9. The first-order valence-electron chi connectivity index (χ1n) is 7.83. The molecule has 1 aromatic heterocycles. The first-order valence-corrected chi connectivity index (χ1v) is 7.83. The van der Waals surface area contributed by atoms with Gasteiger partial charge in [-0.3, -0.25) is 9.88 Å². The number of benzene rings is 1. The van der Waals surface area contributed by atoms with E-state index in [4.69, 9.17) is 5.73 Å². The van der Waals surface area contributed by atoms with Crippen LogP contribution in [0, 0.1) is 5.92 Å². The molecule has 0 fully saturated rings. The highest BCUT2D eigenvalue weighted by Gasteiger charge is 2.22. The van der Waals surface area contributed by atoms with Gasteiger partial charge in [-0.1, -0.05) is 26.0 Å². The predicted molar refractivity (Wildman–Crippen MR) is 90.2 cm³/mol. The van der Waals surface area contributed by atoms with Crippen molar-refractivity contribution in [1.29, 1.82) is 0 Å². The SMILES string of the molecule is CC(C)CN(C(C)C)C(CN)c1ccc2ncccc2c1. The van der Waals surface area contributed by atoms with Crippen molar-refractivity contribution in [2.24, 2.45) is 11.7 Å². The molecule has 1 aromatic carbocycles. The average molecular weight is 285 g/mol. The maximum atomic E-state index is 6.11. The molecular formula is C18H27N3. The minimum Gasteiger partial charge on any atom is -0.329 e. The van der Waals surface area contributed by atoms with Crippen LogP contribution in [0.25, 0.3) is 10.9 Å². The molecule has 0 spiro atoms. The topological polar surface area (TPSA) is 42.1 Å². The number of hydrogen-bond acceptors (Lipinski definition) is 3. The van der Waals surface area contributed by atoms with Gasteiger partial charge in [0.1, 0.15) is 0 Å². The van der Waals surface area contributed by atoms with E-state index >= 15 is 0 Å². The second-order valence-electron chi connectivity index (χ2n) is 6.39. The van der Waals surface area contributed by atoms with Gasteiger partial charge < -0.3 is 5.73 Å². The summed E-state index contributed by atoms with van der Waals surface area (Å²) in [4.78, 5) is 6.89. The highest BCUT2D eigenvalue weighted by Crippen LogP contribution is 2.26. The molecule has 0 amide bonds. The summed E-state index contributed by atoms with van der Waals surface area (Å²) in [6, 6.07) is 11.3. The Morgan fingerprint density at radius 2 is 1.90 bits per heavy atom. The molecule has 0 aliphatic carbocycles. The molecule has 0 saturated carbocycles. The van der Waals surface area contributed by atoms with Crippen LogP contribution in [-0.2, 0) is 0 Å². The van der Waals surface area contributed by atoms with Crippen molar-refractivity contribution in [3.63, 3.8) is 0 Å². The van der Waals surface area contributed by atoms with Crippen molar-refractivity contribution < 1.29 is 0 Å². The summed E-state index contributed by atoms with van der Waals surface area (Å²) >= 11 is 0. The van der Waals surface area contributed by atoms with Crippen LogP contribution in [0.2, 0.25) is 0 Å². The summed E-state index contributed by atoms with van der Waals surface area (Å²) in [7, 11) is 0. The first-order chi connectivity index (χ1) is 10.0. The molecular weight excluding hydrogens is 258 g/mol. The zero-order valence-electron chi connectivity index (χ0n) is 13.6. The van der Waals surface area contributed by atoms with Crippen LogP contribution in [0.4, 0.5) is 0 Å². The van der Waals surface area contributed by atoms with Gasteiger partial charge in [-0.05, 0) is 43.5 Å². The molecule has 0 radical (unpaired) electrons. The van der Waals surface area contributed by atoms with Gasteiger partial charge in [0.25, 0.3) is 0 Å². The monoisotopic (exact) mass is 285 g/mol. The van der Waals surface area contributed by atoms with Gasteiger partial charge in [0, 0.05) is 36.8 Å². The third-order valence-corrected chi connectivity index (χ3v) is 3.87. The zero-order valence-corrected chi connectivity index (χ0v) is 13.6. The molecule has 2 aromatic rings. The third-order valence-electron chi connectivity index (χ3n) is 3.87. The lowest BCUT2D eigenvalue weighted by atomic mass is 10.00. The van der Waals surface area contributed by atoms with Crippen molar-refractivity contribution in [3.05, 3.63) is 42.1 Å². The Kier molecular flexibility index (Phi) is 5.32. The molecule has 0 bridgehead atoms. The van der Waals surface area contributed by atoms with E-state index < -0.39 is 0 Å². The Morgan fingerprint density at radius 3 is 2.52 bits per heavy atom. The minimum atomic E-state index is 0.261. The van der Waals surface area contributed by atoms with Crippen LogP contribution >= 0.6 is 0 Å². The van der Waals surface area contributed by atoms with Crippen LogP contribution in [0.5, 0.6) is 0 Å². The van der Waals surface area contributed by atoms with Gasteiger partial charge in [0.05, 0.1) is 5.52 Å². The number of aromatic nitrogens is 1. The molecule has 2 rings (SSSR count). The van der Waals surface area contributed by atoms with E-state index in [1.807, 2.05) is 12.3 Å².